The molecule has 7 heteroatoms. The second kappa shape index (κ2) is 6.26. The molecule has 0 bridgehead atoms. The van der Waals surface area contributed by atoms with Crippen molar-refractivity contribution < 1.29 is 17.4 Å². The Bertz CT molecular complexity index is 644. The van der Waals surface area contributed by atoms with Crippen LogP contribution in [0.4, 0.5) is 18.9 Å². The zero-order valence-corrected chi connectivity index (χ0v) is 11.7. The third kappa shape index (κ3) is 4.04. The van der Waals surface area contributed by atoms with Crippen LogP contribution in [0, 0.1) is 0 Å². The summed E-state index contributed by atoms with van der Waals surface area (Å²) in [5.74, 6) is 0.257. The average molecular weight is 314 g/mol. The molecule has 0 saturated carbocycles. The zero-order chi connectivity index (χ0) is 15.5. The lowest BCUT2D eigenvalue weighted by molar-refractivity contribution is -0.137. The number of aromatic nitrogens is 1. The molecule has 0 fully saturated rings. The van der Waals surface area contributed by atoms with Crippen LogP contribution in [0.3, 0.4) is 0 Å². The van der Waals surface area contributed by atoms with Crippen molar-refractivity contribution in [1.82, 2.24) is 4.98 Å². The fourth-order valence-electron chi connectivity index (χ4n) is 1.79. The van der Waals surface area contributed by atoms with Gasteiger partial charge in [0, 0.05) is 29.8 Å². The maximum absolute atomic E-state index is 12.5. The number of alkyl halides is 3. The standard InChI is InChI=1S/C14H13F3N2OS/c15-14(16,17)10-4-5-13(12(18)9-10)21(20)8-6-11-3-1-2-7-19-11/h1-5,7,9H,6,8,18H2. The van der Waals surface area contributed by atoms with Gasteiger partial charge in [0.05, 0.1) is 21.3 Å². The van der Waals surface area contributed by atoms with Crippen molar-refractivity contribution in [2.24, 2.45) is 0 Å². The van der Waals surface area contributed by atoms with Crippen LogP contribution in [0.2, 0.25) is 0 Å². The van der Waals surface area contributed by atoms with Gasteiger partial charge in [-0.05, 0) is 30.3 Å². The number of aryl methyl sites for hydroxylation is 1. The van der Waals surface area contributed by atoms with Gasteiger partial charge < -0.3 is 5.73 Å². The summed E-state index contributed by atoms with van der Waals surface area (Å²) in [5, 5.41) is 0. The van der Waals surface area contributed by atoms with Crippen LogP contribution in [0.5, 0.6) is 0 Å². The first-order valence-electron chi connectivity index (χ1n) is 6.13. The molecule has 3 nitrogen and oxygen atoms in total. The minimum atomic E-state index is -4.46. The highest BCUT2D eigenvalue weighted by Crippen LogP contribution is 2.32. The van der Waals surface area contributed by atoms with Gasteiger partial charge in [0.1, 0.15) is 0 Å². The minimum Gasteiger partial charge on any atom is -0.398 e. The molecule has 112 valence electrons. The first-order chi connectivity index (χ1) is 9.88. The number of halogens is 3. The summed E-state index contributed by atoms with van der Waals surface area (Å²) in [5.41, 5.74) is 5.40. The Kier molecular flexibility index (Phi) is 4.62. The average Bonchev–Trinajstić information content (AvgIpc) is 2.45. The SMILES string of the molecule is Nc1cc(C(F)(F)F)ccc1S(=O)CCc1ccccn1. The van der Waals surface area contributed by atoms with E-state index in [1.54, 1.807) is 18.3 Å². The van der Waals surface area contributed by atoms with E-state index in [4.69, 9.17) is 5.73 Å². The van der Waals surface area contributed by atoms with Crippen molar-refractivity contribution >= 4 is 16.5 Å². The molecule has 1 unspecified atom stereocenters. The predicted octanol–water partition coefficient (Wildman–Crippen LogP) is 3.03. The van der Waals surface area contributed by atoms with E-state index in [0.717, 1.165) is 17.8 Å². The molecule has 0 radical (unpaired) electrons. The highest BCUT2D eigenvalue weighted by molar-refractivity contribution is 7.85. The lowest BCUT2D eigenvalue weighted by atomic mass is 10.2. The van der Waals surface area contributed by atoms with Crippen molar-refractivity contribution in [3.63, 3.8) is 0 Å². The quantitative estimate of drug-likeness (QED) is 0.883. The number of anilines is 1. The molecule has 0 saturated heterocycles. The summed E-state index contributed by atoms with van der Waals surface area (Å²) in [6.45, 7) is 0. The summed E-state index contributed by atoms with van der Waals surface area (Å²) in [7, 11) is -1.46. The Morgan fingerprint density at radius 2 is 1.95 bits per heavy atom. The molecule has 1 aromatic heterocycles. The molecule has 1 aromatic carbocycles. The smallest absolute Gasteiger partial charge is 0.398 e. The first-order valence-corrected chi connectivity index (χ1v) is 7.45. The lowest BCUT2D eigenvalue weighted by Gasteiger charge is -2.10. The van der Waals surface area contributed by atoms with Crippen molar-refractivity contribution in [2.45, 2.75) is 17.5 Å². The summed E-state index contributed by atoms with van der Waals surface area (Å²) in [6.07, 6.45) is -2.36. The number of rotatable bonds is 4. The van der Waals surface area contributed by atoms with Crippen LogP contribution in [0.1, 0.15) is 11.3 Å². The minimum absolute atomic E-state index is 0.107. The maximum atomic E-state index is 12.5. The maximum Gasteiger partial charge on any atom is 0.416 e. The molecule has 0 aliphatic rings. The van der Waals surface area contributed by atoms with E-state index in [0.29, 0.717) is 6.42 Å². The predicted molar refractivity (Wildman–Crippen MR) is 75.1 cm³/mol. The number of benzene rings is 1. The van der Waals surface area contributed by atoms with Gasteiger partial charge in [-0.15, -0.1) is 0 Å². The molecule has 0 spiro atoms. The largest absolute Gasteiger partial charge is 0.416 e. The number of hydrogen-bond acceptors (Lipinski definition) is 3. The molecule has 1 heterocycles. The molecular formula is C14H13F3N2OS. The Morgan fingerprint density at radius 1 is 1.19 bits per heavy atom. The topological polar surface area (TPSA) is 56.0 Å². The van der Waals surface area contributed by atoms with Gasteiger partial charge in [0.25, 0.3) is 0 Å². The highest BCUT2D eigenvalue weighted by atomic mass is 32.2. The van der Waals surface area contributed by atoms with E-state index in [1.807, 2.05) is 6.07 Å². The summed E-state index contributed by atoms with van der Waals surface area (Å²) in [6, 6.07) is 8.27. The second-order valence-electron chi connectivity index (χ2n) is 4.37. The van der Waals surface area contributed by atoms with E-state index < -0.39 is 22.5 Å². The molecule has 2 rings (SSSR count). The number of hydrogen-bond donors (Lipinski definition) is 1. The van der Waals surface area contributed by atoms with Gasteiger partial charge in [-0.3, -0.25) is 9.19 Å². The van der Waals surface area contributed by atoms with Gasteiger partial charge in [-0.2, -0.15) is 13.2 Å². The molecule has 0 aliphatic carbocycles. The van der Waals surface area contributed by atoms with Gasteiger partial charge in [-0.1, -0.05) is 6.07 Å². The molecule has 0 amide bonds. The number of nitrogens with zero attached hydrogens (tertiary/aromatic N) is 1. The Balaban J connectivity index is 2.09. The molecule has 2 aromatic rings. The molecule has 0 aliphatic heterocycles. The normalized spacial score (nSPS) is 13.1. The highest BCUT2D eigenvalue weighted by Gasteiger charge is 2.31. The summed E-state index contributed by atoms with van der Waals surface area (Å²) in [4.78, 5) is 4.32. The van der Waals surface area contributed by atoms with Crippen LogP contribution >= 0.6 is 0 Å². The van der Waals surface area contributed by atoms with Gasteiger partial charge in [-0.25, -0.2) is 0 Å². The van der Waals surface area contributed by atoms with Gasteiger partial charge in [0.15, 0.2) is 0 Å². The third-order valence-electron chi connectivity index (χ3n) is 2.85. The third-order valence-corrected chi connectivity index (χ3v) is 4.29. The van der Waals surface area contributed by atoms with E-state index in [-0.39, 0.29) is 16.3 Å². The van der Waals surface area contributed by atoms with Crippen molar-refractivity contribution in [3.8, 4) is 0 Å². The first kappa shape index (κ1) is 15.5. The van der Waals surface area contributed by atoms with E-state index in [2.05, 4.69) is 4.98 Å². The van der Waals surface area contributed by atoms with E-state index in [9.17, 15) is 17.4 Å². The Labute approximate surface area is 122 Å². The van der Waals surface area contributed by atoms with Crippen LogP contribution in [-0.2, 0) is 23.4 Å². The van der Waals surface area contributed by atoms with Crippen molar-refractivity contribution in [1.29, 1.82) is 0 Å². The van der Waals surface area contributed by atoms with Crippen LogP contribution in [0.15, 0.2) is 47.5 Å². The van der Waals surface area contributed by atoms with Gasteiger partial charge in [0.2, 0.25) is 0 Å². The van der Waals surface area contributed by atoms with E-state index >= 15 is 0 Å². The summed E-state index contributed by atoms with van der Waals surface area (Å²) < 4.78 is 49.7. The monoisotopic (exact) mass is 314 g/mol. The fraction of sp³-hybridized carbons (Fsp3) is 0.214. The van der Waals surface area contributed by atoms with Crippen LogP contribution < -0.4 is 5.73 Å². The number of nitrogen functional groups attached to an aromatic ring is 1. The van der Waals surface area contributed by atoms with E-state index in [1.165, 1.54) is 6.07 Å². The van der Waals surface area contributed by atoms with Crippen molar-refractivity contribution in [2.75, 3.05) is 11.5 Å². The zero-order valence-electron chi connectivity index (χ0n) is 10.9. The molecule has 21 heavy (non-hydrogen) atoms. The van der Waals surface area contributed by atoms with Gasteiger partial charge >= 0.3 is 6.18 Å². The summed E-state index contributed by atoms with van der Waals surface area (Å²) >= 11 is 0. The molecule has 1 atom stereocenters. The van der Waals surface area contributed by atoms with Crippen LogP contribution in [0.25, 0.3) is 0 Å². The Hall–Kier alpha value is -1.89. The fourth-order valence-corrected chi connectivity index (χ4v) is 2.94. The lowest BCUT2D eigenvalue weighted by Crippen LogP contribution is -2.09. The molecular weight excluding hydrogens is 301 g/mol. The van der Waals surface area contributed by atoms with Crippen molar-refractivity contribution in [3.05, 3.63) is 53.9 Å². The number of pyridine rings is 1. The number of nitrogens with two attached hydrogens (primary N) is 1. The molecule has 2 N–H and O–H groups in total. The Morgan fingerprint density at radius 3 is 2.52 bits per heavy atom. The second-order valence-corrected chi connectivity index (χ2v) is 5.91. The van der Waals surface area contributed by atoms with Crippen LogP contribution in [-0.4, -0.2) is 14.9 Å².